The van der Waals surface area contributed by atoms with Crippen molar-refractivity contribution in [2.75, 3.05) is 7.11 Å². The summed E-state index contributed by atoms with van der Waals surface area (Å²) >= 11 is 0. The maximum Gasteiger partial charge on any atom is 0.416 e. The summed E-state index contributed by atoms with van der Waals surface area (Å²) in [6.07, 6.45) is -1.98. The highest BCUT2D eigenvalue weighted by Crippen LogP contribution is 2.33. The minimum absolute atomic E-state index is 0.0120. The maximum atomic E-state index is 14.4. The number of carbonyl (C=O) groups is 1. The lowest BCUT2D eigenvalue weighted by molar-refractivity contribution is -0.137. The smallest absolute Gasteiger partial charge is 0.416 e. The molecule has 1 atom stereocenters. The number of alkyl halides is 3. The summed E-state index contributed by atoms with van der Waals surface area (Å²) < 4.78 is 57.9. The molecule has 4 nitrogen and oxygen atoms in total. The molecule has 0 radical (unpaired) electrons. The van der Waals surface area contributed by atoms with Gasteiger partial charge in [-0.25, -0.2) is 9.37 Å². The molecule has 0 saturated heterocycles. The number of Topliss-reactive ketones (excluding diaryl/α,β-unsaturated/α-hetero) is 1. The van der Waals surface area contributed by atoms with Gasteiger partial charge in [-0.15, -0.1) is 0 Å². The van der Waals surface area contributed by atoms with Crippen molar-refractivity contribution in [1.29, 1.82) is 0 Å². The molecule has 0 N–H and O–H groups in total. The van der Waals surface area contributed by atoms with Crippen LogP contribution in [-0.4, -0.2) is 22.9 Å². The lowest BCUT2D eigenvalue weighted by atomic mass is 9.88. The van der Waals surface area contributed by atoms with Crippen LogP contribution in [-0.2, 0) is 6.18 Å². The van der Waals surface area contributed by atoms with Gasteiger partial charge in [0.15, 0.2) is 5.78 Å². The highest BCUT2D eigenvalue weighted by molar-refractivity contribution is 5.96. The zero-order chi connectivity index (χ0) is 21.0. The number of methoxy groups -OCH3 is 1. The predicted octanol–water partition coefficient (Wildman–Crippen LogP) is 5.05. The number of ketones is 1. The summed E-state index contributed by atoms with van der Waals surface area (Å²) in [6, 6.07) is 9.92. The maximum absolute atomic E-state index is 14.4. The van der Waals surface area contributed by atoms with E-state index >= 15 is 0 Å². The van der Waals surface area contributed by atoms with Crippen molar-refractivity contribution in [2.45, 2.75) is 18.5 Å². The third kappa shape index (κ3) is 4.77. The molecule has 3 rings (SSSR count). The third-order valence-corrected chi connectivity index (χ3v) is 4.41. The van der Waals surface area contributed by atoms with E-state index in [1.54, 1.807) is 0 Å². The molecule has 3 aromatic rings. The summed E-state index contributed by atoms with van der Waals surface area (Å²) in [6.45, 7) is 0. The normalized spacial score (nSPS) is 12.4. The fraction of sp³-hybridized carbons (Fsp3) is 0.190. The Morgan fingerprint density at radius 3 is 2.34 bits per heavy atom. The molecule has 0 aliphatic rings. The highest BCUT2D eigenvalue weighted by atomic mass is 19.4. The van der Waals surface area contributed by atoms with Crippen molar-refractivity contribution >= 4 is 5.78 Å². The van der Waals surface area contributed by atoms with E-state index < -0.39 is 23.5 Å². The van der Waals surface area contributed by atoms with Crippen molar-refractivity contribution in [2.24, 2.45) is 0 Å². The Labute approximate surface area is 164 Å². The average molecular weight is 404 g/mol. The second kappa shape index (κ2) is 8.38. The van der Waals surface area contributed by atoms with E-state index in [1.165, 1.54) is 55.9 Å². The number of hydrogen-bond donors (Lipinski definition) is 0. The third-order valence-electron chi connectivity index (χ3n) is 4.41. The van der Waals surface area contributed by atoms with Crippen LogP contribution in [0.2, 0.25) is 0 Å². The van der Waals surface area contributed by atoms with Gasteiger partial charge in [-0.3, -0.25) is 9.78 Å². The van der Waals surface area contributed by atoms with Gasteiger partial charge in [-0.2, -0.15) is 13.2 Å². The van der Waals surface area contributed by atoms with E-state index in [1.807, 2.05) is 0 Å². The standard InChI is InChI=1S/C21H16F4N2O2/c1-29-19-9-6-14(12-27-19)18(28)11-16(20-17(22)3-2-10-26-20)13-4-7-15(8-5-13)21(23,24)25/h2-10,12,16H,11H2,1H3. The fourth-order valence-electron chi connectivity index (χ4n) is 2.90. The molecule has 29 heavy (non-hydrogen) atoms. The van der Waals surface area contributed by atoms with Gasteiger partial charge >= 0.3 is 6.18 Å². The molecular weight excluding hydrogens is 388 g/mol. The summed E-state index contributed by atoms with van der Waals surface area (Å²) in [7, 11) is 1.44. The molecule has 0 aliphatic carbocycles. The van der Waals surface area contributed by atoms with E-state index in [-0.39, 0.29) is 23.5 Å². The Hall–Kier alpha value is -3.29. The average Bonchev–Trinajstić information content (AvgIpc) is 2.72. The molecule has 2 aromatic heterocycles. The fourth-order valence-corrected chi connectivity index (χ4v) is 2.90. The molecule has 0 fully saturated rings. The number of pyridine rings is 2. The molecule has 0 saturated carbocycles. The molecule has 2 heterocycles. The van der Waals surface area contributed by atoms with Gasteiger partial charge in [0.2, 0.25) is 5.88 Å². The topological polar surface area (TPSA) is 52.1 Å². The molecular formula is C21H16F4N2O2. The van der Waals surface area contributed by atoms with Crippen molar-refractivity contribution in [3.8, 4) is 5.88 Å². The molecule has 0 aliphatic heterocycles. The van der Waals surface area contributed by atoms with Crippen molar-refractivity contribution in [1.82, 2.24) is 9.97 Å². The summed E-state index contributed by atoms with van der Waals surface area (Å²) in [5.41, 5.74) is -0.210. The number of ether oxygens (including phenoxy) is 1. The van der Waals surface area contributed by atoms with Gasteiger partial charge in [0, 0.05) is 36.4 Å². The first-order chi connectivity index (χ1) is 13.8. The van der Waals surface area contributed by atoms with E-state index in [4.69, 9.17) is 4.74 Å². The summed E-state index contributed by atoms with van der Waals surface area (Å²) in [4.78, 5) is 20.7. The van der Waals surface area contributed by atoms with Gasteiger partial charge in [-0.05, 0) is 35.9 Å². The lowest BCUT2D eigenvalue weighted by Crippen LogP contribution is -2.13. The molecule has 1 aromatic carbocycles. The SMILES string of the molecule is COc1ccc(C(=O)CC(c2ccc(C(F)(F)F)cc2)c2ncccc2F)cn1. The Bertz CT molecular complexity index is 987. The van der Waals surface area contributed by atoms with Crippen LogP contribution < -0.4 is 4.74 Å². The number of aromatic nitrogens is 2. The second-order valence-corrected chi connectivity index (χ2v) is 6.26. The van der Waals surface area contributed by atoms with Crippen molar-refractivity contribution in [3.05, 3.63) is 89.1 Å². The molecule has 1 unspecified atom stereocenters. The Morgan fingerprint density at radius 2 is 1.79 bits per heavy atom. The van der Waals surface area contributed by atoms with Crippen LogP contribution in [0.15, 0.2) is 60.9 Å². The van der Waals surface area contributed by atoms with Crippen LogP contribution in [0, 0.1) is 5.82 Å². The van der Waals surface area contributed by atoms with Crippen molar-refractivity contribution in [3.63, 3.8) is 0 Å². The van der Waals surface area contributed by atoms with Crippen LogP contribution in [0.3, 0.4) is 0 Å². The predicted molar refractivity (Wildman–Crippen MR) is 97.2 cm³/mol. The van der Waals surface area contributed by atoms with Crippen LogP contribution in [0.4, 0.5) is 17.6 Å². The second-order valence-electron chi connectivity index (χ2n) is 6.26. The highest BCUT2D eigenvalue weighted by Gasteiger charge is 2.31. The minimum atomic E-state index is -4.49. The van der Waals surface area contributed by atoms with Gasteiger partial charge in [0.25, 0.3) is 0 Å². The van der Waals surface area contributed by atoms with Crippen LogP contribution in [0.5, 0.6) is 5.88 Å². The Balaban J connectivity index is 1.95. The molecule has 0 spiro atoms. The zero-order valence-electron chi connectivity index (χ0n) is 15.3. The number of halogens is 4. The Kier molecular flexibility index (Phi) is 5.91. The van der Waals surface area contributed by atoms with E-state index in [9.17, 15) is 22.4 Å². The van der Waals surface area contributed by atoms with Gasteiger partial charge < -0.3 is 4.74 Å². The van der Waals surface area contributed by atoms with E-state index in [0.717, 1.165) is 12.1 Å². The zero-order valence-corrected chi connectivity index (χ0v) is 15.3. The lowest BCUT2D eigenvalue weighted by Gasteiger charge is -2.18. The Morgan fingerprint density at radius 1 is 1.07 bits per heavy atom. The molecule has 8 heteroatoms. The van der Waals surface area contributed by atoms with E-state index in [2.05, 4.69) is 9.97 Å². The molecule has 0 bridgehead atoms. The first kappa shape index (κ1) is 20.4. The van der Waals surface area contributed by atoms with Crippen LogP contribution in [0.1, 0.15) is 39.5 Å². The molecule has 0 amide bonds. The number of hydrogen-bond acceptors (Lipinski definition) is 4. The minimum Gasteiger partial charge on any atom is -0.481 e. The quantitative estimate of drug-likeness (QED) is 0.426. The number of nitrogens with zero attached hydrogens (tertiary/aromatic N) is 2. The monoisotopic (exact) mass is 404 g/mol. The van der Waals surface area contributed by atoms with Crippen LogP contribution in [0.25, 0.3) is 0 Å². The summed E-state index contributed by atoms with van der Waals surface area (Å²) in [5, 5.41) is 0. The number of carbonyl (C=O) groups excluding carboxylic acids is 1. The van der Waals surface area contributed by atoms with Gasteiger partial charge in [0.05, 0.1) is 18.4 Å². The van der Waals surface area contributed by atoms with Crippen molar-refractivity contribution < 1.29 is 27.1 Å². The van der Waals surface area contributed by atoms with E-state index in [0.29, 0.717) is 11.4 Å². The summed E-state index contributed by atoms with van der Waals surface area (Å²) in [5.74, 6) is -1.52. The first-order valence-electron chi connectivity index (χ1n) is 8.60. The van der Waals surface area contributed by atoms with Gasteiger partial charge in [0.1, 0.15) is 5.82 Å². The first-order valence-corrected chi connectivity index (χ1v) is 8.60. The molecule has 150 valence electrons. The van der Waals surface area contributed by atoms with Crippen LogP contribution >= 0.6 is 0 Å². The largest absolute Gasteiger partial charge is 0.481 e. The number of benzene rings is 1. The van der Waals surface area contributed by atoms with Gasteiger partial charge in [-0.1, -0.05) is 12.1 Å². The number of rotatable bonds is 6.